The minimum absolute atomic E-state index is 0.897. The summed E-state index contributed by atoms with van der Waals surface area (Å²) in [6.45, 7) is 0. The summed E-state index contributed by atoms with van der Waals surface area (Å²) >= 11 is 5.63. The summed E-state index contributed by atoms with van der Waals surface area (Å²) in [5, 5.41) is 1.14. The van der Waals surface area contributed by atoms with Crippen LogP contribution in [-0.2, 0) is 0 Å². The molecule has 56 valence electrons. The Morgan fingerprint density at radius 1 is 1.55 bits per heavy atom. The monoisotopic (exact) mass is 322 g/mol. The van der Waals surface area contributed by atoms with Gasteiger partial charge in [-0.25, -0.2) is 4.98 Å². The summed E-state index contributed by atoms with van der Waals surface area (Å²) < 4.78 is 2.04. The van der Waals surface area contributed by atoms with Crippen LogP contribution in [0.15, 0.2) is 23.1 Å². The van der Waals surface area contributed by atoms with Crippen molar-refractivity contribution in [3.63, 3.8) is 0 Å². The highest BCUT2D eigenvalue weighted by Crippen LogP contribution is 2.24. The molecule has 0 unspecified atom stereocenters. The first-order valence-corrected chi connectivity index (χ1v) is 4.93. The van der Waals surface area contributed by atoms with Crippen LogP contribution in [0.2, 0.25) is 0 Å². The van der Waals surface area contributed by atoms with Crippen molar-refractivity contribution >= 4 is 49.4 Å². The zero-order chi connectivity index (χ0) is 7.84. The first-order chi connectivity index (χ1) is 5.29. The summed E-state index contributed by atoms with van der Waals surface area (Å²) in [6, 6.07) is 2.01. The second-order valence-corrected chi connectivity index (χ2v) is 4.08. The largest absolute Gasteiger partial charge is 0.360 e. The Labute approximate surface area is 85.7 Å². The third-order valence-corrected chi connectivity index (χ3v) is 2.95. The molecule has 0 spiro atoms. The molecule has 1 N–H and O–H groups in total. The topological polar surface area (TPSA) is 28.7 Å². The minimum Gasteiger partial charge on any atom is -0.360 e. The van der Waals surface area contributed by atoms with Gasteiger partial charge in [0.25, 0.3) is 0 Å². The predicted molar refractivity (Wildman–Crippen MR) is 56.5 cm³/mol. The van der Waals surface area contributed by atoms with Crippen LogP contribution >= 0.6 is 38.5 Å². The molecule has 2 heterocycles. The van der Waals surface area contributed by atoms with Gasteiger partial charge in [0.2, 0.25) is 0 Å². The van der Waals surface area contributed by atoms with Crippen LogP contribution in [0, 0.1) is 3.57 Å². The lowest BCUT2D eigenvalue weighted by Gasteiger charge is -1.94. The van der Waals surface area contributed by atoms with E-state index in [-0.39, 0.29) is 0 Å². The van der Waals surface area contributed by atoms with E-state index in [1.54, 1.807) is 0 Å². The van der Waals surface area contributed by atoms with Gasteiger partial charge in [0.1, 0.15) is 4.60 Å². The van der Waals surface area contributed by atoms with E-state index in [1.807, 2.05) is 18.5 Å². The standard InChI is InChI=1S/C7H4BrIN2/c8-7-4-1-2-10-6(4)5(9)3-11-7/h1-3,10H. The van der Waals surface area contributed by atoms with Crippen molar-refractivity contribution in [3.8, 4) is 0 Å². The molecule has 0 fully saturated rings. The summed E-state index contributed by atoms with van der Waals surface area (Å²) in [5.74, 6) is 0. The van der Waals surface area contributed by atoms with Crippen LogP contribution < -0.4 is 0 Å². The number of aromatic nitrogens is 2. The molecule has 0 atom stereocenters. The Bertz CT molecular complexity index is 360. The zero-order valence-corrected chi connectivity index (χ0v) is 9.18. The number of nitrogens with zero attached hydrogens (tertiary/aromatic N) is 1. The molecular formula is C7H4BrIN2. The molecule has 0 saturated carbocycles. The number of H-pyrrole nitrogens is 1. The zero-order valence-electron chi connectivity index (χ0n) is 5.44. The average molecular weight is 323 g/mol. The lowest BCUT2D eigenvalue weighted by molar-refractivity contribution is 1.29. The molecule has 11 heavy (non-hydrogen) atoms. The summed E-state index contributed by atoms with van der Waals surface area (Å²) in [4.78, 5) is 7.32. The maximum atomic E-state index is 4.17. The van der Waals surface area contributed by atoms with E-state index < -0.39 is 0 Å². The number of aromatic amines is 1. The van der Waals surface area contributed by atoms with Gasteiger partial charge in [-0.05, 0) is 44.6 Å². The smallest absolute Gasteiger partial charge is 0.115 e. The maximum Gasteiger partial charge on any atom is 0.115 e. The van der Waals surface area contributed by atoms with Gasteiger partial charge in [-0.3, -0.25) is 0 Å². The fourth-order valence-electron chi connectivity index (χ4n) is 0.986. The molecular weight excluding hydrogens is 319 g/mol. The van der Waals surface area contributed by atoms with Gasteiger partial charge in [-0.1, -0.05) is 0 Å². The summed E-state index contributed by atoms with van der Waals surface area (Å²) in [5.41, 5.74) is 1.15. The van der Waals surface area contributed by atoms with E-state index in [9.17, 15) is 0 Å². The summed E-state index contributed by atoms with van der Waals surface area (Å²) in [6.07, 6.45) is 3.75. The van der Waals surface area contributed by atoms with Gasteiger partial charge in [0.15, 0.2) is 0 Å². The van der Waals surface area contributed by atoms with Crippen molar-refractivity contribution in [1.82, 2.24) is 9.97 Å². The molecule has 0 aliphatic carbocycles. The molecule has 2 rings (SSSR count). The fraction of sp³-hybridized carbons (Fsp3) is 0. The van der Waals surface area contributed by atoms with Crippen LogP contribution in [-0.4, -0.2) is 9.97 Å². The van der Waals surface area contributed by atoms with E-state index in [0.29, 0.717) is 0 Å². The van der Waals surface area contributed by atoms with Crippen LogP contribution in [0.4, 0.5) is 0 Å². The Hall–Kier alpha value is -0.100. The lowest BCUT2D eigenvalue weighted by atomic mass is 10.3. The van der Waals surface area contributed by atoms with E-state index in [1.165, 1.54) is 0 Å². The average Bonchev–Trinajstić information content (AvgIpc) is 2.45. The molecule has 0 aliphatic heterocycles. The van der Waals surface area contributed by atoms with E-state index in [0.717, 1.165) is 19.1 Å². The van der Waals surface area contributed by atoms with E-state index >= 15 is 0 Å². The Balaban J connectivity index is 2.96. The van der Waals surface area contributed by atoms with Gasteiger partial charge in [-0.2, -0.15) is 0 Å². The Morgan fingerprint density at radius 3 is 3.09 bits per heavy atom. The normalized spacial score (nSPS) is 10.7. The minimum atomic E-state index is 0.897. The van der Waals surface area contributed by atoms with Crippen molar-refractivity contribution in [2.24, 2.45) is 0 Å². The number of hydrogen-bond donors (Lipinski definition) is 1. The van der Waals surface area contributed by atoms with Crippen LogP contribution in [0.25, 0.3) is 10.9 Å². The van der Waals surface area contributed by atoms with Crippen LogP contribution in [0.1, 0.15) is 0 Å². The fourth-order valence-corrected chi connectivity index (χ4v) is 2.00. The van der Waals surface area contributed by atoms with Gasteiger partial charge >= 0.3 is 0 Å². The molecule has 2 aromatic rings. The highest BCUT2D eigenvalue weighted by Gasteiger charge is 2.02. The van der Waals surface area contributed by atoms with Gasteiger partial charge in [0, 0.05) is 17.8 Å². The van der Waals surface area contributed by atoms with Gasteiger partial charge < -0.3 is 4.98 Å². The lowest BCUT2D eigenvalue weighted by Crippen LogP contribution is -1.80. The summed E-state index contributed by atoms with van der Waals surface area (Å²) in [7, 11) is 0. The van der Waals surface area contributed by atoms with Crippen molar-refractivity contribution in [1.29, 1.82) is 0 Å². The molecule has 4 heteroatoms. The van der Waals surface area contributed by atoms with Crippen molar-refractivity contribution in [2.45, 2.75) is 0 Å². The van der Waals surface area contributed by atoms with Gasteiger partial charge in [0.05, 0.1) is 9.09 Å². The first-order valence-electron chi connectivity index (χ1n) is 3.06. The molecule has 2 aromatic heterocycles. The maximum absolute atomic E-state index is 4.17. The Morgan fingerprint density at radius 2 is 2.36 bits per heavy atom. The number of rotatable bonds is 0. The molecule has 0 radical (unpaired) electrons. The molecule has 2 nitrogen and oxygen atoms in total. The number of hydrogen-bond acceptors (Lipinski definition) is 1. The molecule has 0 amide bonds. The number of nitrogens with one attached hydrogen (secondary N) is 1. The number of fused-ring (bicyclic) bond motifs is 1. The van der Waals surface area contributed by atoms with Crippen molar-refractivity contribution in [2.75, 3.05) is 0 Å². The van der Waals surface area contributed by atoms with E-state index in [4.69, 9.17) is 0 Å². The number of pyridine rings is 1. The first kappa shape index (κ1) is 7.54. The Kier molecular flexibility index (Phi) is 1.88. The third-order valence-electron chi connectivity index (χ3n) is 1.50. The second kappa shape index (κ2) is 2.75. The SMILES string of the molecule is Brc1ncc(I)c2[nH]ccc12. The predicted octanol–water partition coefficient (Wildman–Crippen LogP) is 2.93. The molecule has 0 saturated heterocycles. The molecule has 0 bridgehead atoms. The number of halogens is 2. The van der Waals surface area contributed by atoms with Crippen molar-refractivity contribution in [3.05, 3.63) is 26.6 Å². The highest BCUT2D eigenvalue weighted by molar-refractivity contribution is 14.1. The quantitative estimate of drug-likeness (QED) is 0.586. The van der Waals surface area contributed by atoms with E-state index in [2.05, 4.69) is 48.5 Å². The van der Waals surface area contributed by atoms with Crippen LogP contribution in [0.5, 0.6) is 0 Å². The third kappa shape index (κ3) is 1.18. The second-order valence-electron chi connectivity index (χ2n) is 2.16. The van der Waals surface area contributed by atoms with Crippen molar-refractivity contribution < 1.29 is 0 Å². The highest BCUT2D eigenvalue weighted by atomic mass is 127. The van der Waals surface area contributed by atoms with Crippen LogP contribution in [0.3, 0.4) is 0 Å². The van der Waals surface area contributed by atoms with Gasteiger partial charge in [-0.15, -0.1) is 0 Å². The molecule has 0 aliphatic rings. The molecule has 0 aromatic carbocycles.